The van der Waals surface area contributed by atoms with E-state index < -0.39 is 10.0 Å². The normalized spacial score (nSPS) is 28.1. The molecule has 0 aromatic heterocycles. The summed E-state index contributed by atoms with van der Waals surface area (Å²) >= 11 is 0. The molecule has 2 bridgehead atoms. The first-order valence-corrected chi connectivity index (χ1v) is 10.8. The summed E-state index contributed by atoms with van der Waals surface area (Å²) in [5.41, 5.74) is 7.89. The second-order valence-corrected chi connectivity index (χ2v) is 9.31. The van der Waals surface area contributed by atoms with E-state index in [9.17, 15) is 13.2 Å². The van der Waals surface area contributed by atoms with Gasteiger partial charge in [-0.05, 0) is 55.2 Å². The molecule has 6 nitrogen and oxygen atoms in total. The average Bonchev–Trinajstić information content (AvgIpc) is 2.53. The molecule has 1 amide bonds. The van der Waals surface area contributed by atoms with Crippen molar-refractivity contribution >= 4 is 34.0 Å². The number of carbonyl (C=O) groups is 1. The predicted molar refractivity (Wildman–Crippen MR) is 106 cm³/mol. The Kier molecular flexibility index (Phi) is 7.07. The Bertz CT molecular complexity index is 710. The minimum absolute atomic E-state index is 0. The van der Waals surface area contributed by atoms with Gasteiger partial charge in [-0.3, -0.25) is 4.79 Å². The Morgan fingerprint density at radius 2 is 1.73 bits per heavy atom. The molecule has 4 N–H and O–H groups in total. The highest BCUT2D eigenvalue weighted by Crippen LogP contribution is 2.42. The number of hydrogen-bond donors (Lipinski definition) is 3. The van der Waals surface area contributed by atoms with Gasteiger partial charge in [-0.15, -0.1) is 12.4 Å². The van der Waals surface area contributed by atoms with Gasteiger partial charge in [0.25, 0.3) is 0 Å². The Labute approximate surface area is 161 Å². The molecule has 26 heavy (non-hydrogen) atoms. The molecule has 2 unspecified atom stereocenters. The lowest BCUT2D eigenvalue weighted by Gasteiger charge is -2.43. The number of halogens is 1. The molecule has 0 aliphatic heterocycles. The van der Waals surface area contributed by atoms with Crippen LogP contribution in [0.2, 0.25) is 0 Å². The Hall–Kier alpha value is -1.15. The molecule has 2 fully saturated rings. The van der Waals surface area contributed by atoms with Crippen LogP contribution in [0.4, 0.5) is 5.69 Å². The fourth-order valence-corrected chi connectivity index (χ4v) is 4.60. The second-order valence-electron chi connectivity index (χ2n) is 7.48. The van der Waals surface area contributed by atoms with Crippen LogP contribution >= 0.6 is 12.4 Å². The van der Waals surface area contributed by atoms with Crippen molar-refractivity contribution in [3.05, 3.63) is 29.8 Å². The van der Waals surface area contributed by atoms with E-state index in [1.165, 1.54) is 6.42 Å². The molecule has 2 aliphatic carbocycles. The number of carbonyl (C=O) groups excluding carboxylic acids is 1. The first kappa shape index (κ1) is 21.2. The Morgan fingerprint density at radius 1 is 1.15 bits per heavy atom. The molecule has 2 atom stereocenters. The summed E-state index contributed by atoms with van der Waals surface area (Å²) in [7, 11) is -3.21. The van der Waals surface area contributed by atoms with Crippen molar-refractivity contribution in [2.75, 3.05) is 11.6 Å². The molecule has 0 spiro atoms. The molecule has 146 valence electrons. The number of anilines is 1. The van der Waals surface area contributed by atoms with Gasteiger partial charge in [-0.2, -0.15) is 0 Å². The van der Waals surface area contributed by atoms with Crippen LogP contribution in [-0.4, -0.2) is 26.6 Å². The number of sulfonamides is 1. The van der Waals surface area contributed by atoms with Crippen molar-refractivity contribution in [2.45, 2.75) is 44.7 Å². The molecular formula is C18H28ClN3O3S. The third kappa shape index (κ3) is 5.42. The highest BCUT2D eigenvalue weighted by atomic mass is 35.5. The highest BCUT2D eigenvalue weighted by Gasteiger charge is 2.40. The third-order valence-corrected chi connectivity index (χ3v) is 6.21. The molecule has 3 rings (SSSR count). The van der Waals surface area contributed by atoms with Gasteiger partial charge in [0.15, 0.2) is 0 Å². The molecule has 0 saturated heterocycles. The van der Waals surface area contributed by atoms with Crippen LogP contribution in [0.1, 0.15) is 37.7 Å². The summed E-state index contributed by atoms with van der Waals surface area (Å²) in [6.07, 6.45) is 6.43. The van der Waals surface area contributed by atoms with Crippen LogP contribution in [0, 0.1) is 17.8 Å². The summed E-state index contributed by atoms with van der Waals surface area (Å²) in [5.74, 6) is 1.08. The maximum Gasteiger partial charge on any atom is 0.227 e. The van der Waals surface area contributed by atoms with Crippen molar-refractivity contribution in [3.63, 3.8) is 0 Å². The van der Waals surface area contributed by atoms with Crippen molar-refractivity contribution in [3.8, 4) is 0 Å². The van der Waals surface area contributed by atoms with Crippen LogP contribution in [-0.2, 0) is 21.4 Å². The summed E-state index contributed by atoms with van der Waals surface area (Å²) in [5, 5.41) is 3.00. The van der Waals surface area contributed by atoms with Gasteiger partial charge >= 0.3 is 0 Å². The van der Waals surface area contributed by atoms with Gasteiger partial charge in [0, 0.05) is 24.2 Å². The van der Waals surface area contributed by atoms with Crippen molar-refractivity contribution < 1.29 is 13.2 Å². The molecule has 2 saturated carbocycles. The van der Waals surface area contributed by atoms with Crippen LogP contribution in [0.5, 0.6) is 0 Å². The van der Waals surface area contributed by atoms with Gasteiger partial charge in [0.2, 0.25) is 15.9 Å². The zero-order chi connectivity index (χ0) is 18.0. The smallest absolute Gasteiger partial charge is 0.227 e. The van der Waals surface area contributed by atoms with Crippen LogP contribution in [0.3, 0.4) is 0 Å². The van der Waals surface area contributed by atoms with Crippen LogP contribution in [0.25, 0.3) is 0 Å². The summed E-state index contributed by atoms with van der Waals surface area (Å²) in [6, 6.07) is 7.53. The lowest BCUT2D eigenvalue weighted by molar-refractivity contribution is -0.122. The van der Waals surface area contributed by atoms with E-state index in [1.807, 2.05) is 24.3 Å². The monoisotopic (exact) mass is 401 g/mol. The first-order valence-electron chi connectivity index (χ1n) is 8.92. The van der Waals surface area contributed by atoms with E-state index in [-0.39, 0.29) is 36.8 Å². The molecule has 1 aromatic carbocycles. The lowest BCUT2D eigenvalue weighted by atomic mass is 9.65. The maximum atomic E-state index is 12.6. The minimum atomic E-state index is -3.21. The fourth-order valence-electron chi connectivity index (χ4n) is 4.17. The van der Waals surface area contributed by atoms with E-state index in [0.29, 0.717) is 11.8 Å². The van der Waals surface area contributed by atoms with Gasteiger partial charge in [-0.1, -0.05) is 18.6 Å². The Morgan fingerprint density at radius 3 is 2.27 bits per heavy atom. The largest absolute Gasteiger partial charge is 0.327 e. The SMILES string of the molecule is CS(=O)(=O)NCc1ccc(NC(=O)C2CC3CCCC(C2)C3N)cc1.Cl. The minimum Gasteiger partial charge on any atom is -0.327 e. The van der Waals surface area contributed by atoms with Gasteiger partial charge < -0.3 is 11.1 Å². The van der Waals surface area contributed by atoms with Crippen molar-refractivity contribution in [2.24, 2.45) is 23.5 Å². The van der Waals surface area contributed by atoms with Crippen LogP contribution < -0.4 is 15.8 Å². The lowest BCUT2D eigenvalue weighted by Crippen LogP contribution is -2.48. The zero-order valence-electron chi connectivity index (χ0n) is 15.0. The van der Waals surface area contributed by atoms with E-state index in [0.717, 1.165) is 43.2 Å². The summed E-state index contributed by atoms with van der Waals surface area (Å²) in [6.45, 7) is 0.247. The van der Waals surface area contributed by atoms with Gasteiger partial charge in [0.1, 0.15) is 0 Å². The summed E-state index contributed by atoms with van der Waals surface area (Å²) in [4.78, 5) is 12.6. The number of nitrogens with two attached hydrogens (primary N) is 1. The van der Waals surface area contributed by atoms with Crippen LogP contribution in [0.15, 0.2) is 24.3 Å². The number of benzene rings is 1. The van der Waals surface area contributed by atoms with E-state index >= 15 is 0 Å². The highest BCUT2D eigenvalue weighted by molar-refractivity contribution is 7.88. The van der Waals surface area contributed by atoms with Gasteiger partial charge in [-0.25, -0.2) is 13.1 Å². The first-order chi connectivity index (χ1) is 11.8. The van der Waals surface area contributed by atoms with Crippen molar-refractivity contribution in [1.82, 2.24) is 4.72 Å². The number of amides is 1. The second kappa shape index (κ2) is 8.69. The fraction of sp³-hybridized carbons (Fsp3) is 0.611. The molecule has 2 aliphatic rings. The molecule has 0 radical (unpaired) electrons. The quantitative estimate of drug-likeness (QED) is 0.704. The topological polar surface area (TPSA) is 101 Å². The zero-order valence-corrected chi connectivity index (χ0v) is 16.6. The maximum absolute atomic E-state index is 12.6. The number of fused-ring (bicyclic) bond motifs is 2. The van der Waals surface area contributed by atoms with E-state index in [2.05, 4.69) is 10.0 Å². The summed E-state index contributed by atoms with van der Waals surface area (Å²) < 4.78 is 24.7. The predicted octanol–water partition coefficient (Wildman–Crippen LogP) is 2.25. The van der Waals surface area contributed by atoms with E-state index in [1.54, 1.807) is 0 Å². The molecule has 0 heterocycles. The Balaban J connectivity index is 0.00000243. The molecule has 1 aromatic rings. The third-order valence-electron chi connectivity index (χ3n) is 5.54. The average molecular weight is 402 g/mol. The number of rotatable bonds is 5. The molecule has 8 heteroatoms. The number of nitrogens with one attached hydrogen (secondary N) is 2. The van der Waals surface area contributed by atoms with Crippen molar-refractivity contribution in [1.29, 1.82) is 0 Å². The molecular weight excluding hydrogens is 374 g/mol. The van der Waals surface area contributed by atoms with E-state index in [4.69, 9.17) is 5.73 Å². The standard InChI is InChI=1S/C18H27N3O3S.ClH/c1-25(23,24)20-11-12-5-7-16(8-6-12)21-18(22)15-9-13-3-2-4-14(10-15)17(13)19;/h5-8,13-15,17,20H,2-4,9-11,19H2,1H3,(H,21,22);1H. The number of hydrogen-bond acceptors (Lipinski definition) is 4. The van der Waals surface area contributed by atoms with Gasteiger partial charge in [0.05, 0.1) is 6.26 Å².